The predicted octanol–water partition coefficient (Wildman–Crippen LogP) is 4.18. The second-order valence-corrected chi connectivity index (χ2v) is 6.35. The summed E-state index contributed by atoms with van der Waals surface area (Å²) in [6, 6.07) is 7.87. The molecule has 0 aliphatic carbocycles. The lowest BCUT2D eigenvalue weighted by Gasteiger charge is -2.22. The molecule has 7 heteroatoms. The van der Waals surface area contributed by atoms with Crippen molar-refractivity contribution in [2.75, 3.05) is 14.1 Å². The van der Waals surface area contributed by atoms with Crippen LogP contribution in [0, 0.1) is 0 Å². The minimum atomic E-state index is 0. The van der Waals surface area contributed by atoms with Gasteiger partial charge in [-0.05, 0) is 24.1 Å². The number of aryl methyl sites for hydroxylation is 1. The van der Waals surface area contributed by atoms with E-state index in [1.165, 1.54) is 5.01 Å². The van der Waals surface area contributed by atoms with Gasteiger partial charge in [0.15, 0.2) is 5.96 Å². The highest BCUT2D eigenvalue weighted by atomic mass is 127. The first kappa shape index (κ1) is 20.2. The number of nitrogens with zero attached hydrogens (tertiary/aromatic N) is 3. The van der Waals surface area contributed by atoms with Gasteiger partial charge in [-0.15, -0.1) is 35.3 Å². The summed E-state index contributed by atoms with van der Waals surface area (Å²) in [5.74, 6) is 0.839. The maximum Gasteiger partial charge on any atom is 0.194 e. The zero-order chi connectivity index (χ0) is 15.9. The van der Waals surface area contributed by atoms with Crippen LogP contribution in [0.15, 0.2) is 34.6 Å². The Labute approximate surface area is 164 Å². The number of hydrogen-bond donors (Lipinski definition) is 1. The molecule has 0 spiro atoms. The molecular formula is C16H22ClIN4S. The summed E-state index contributed by atoms with van der Waals surface area (Å²) in [5, 5.41) is 7.36. The van der Waals surface area contributed by atoms with Crippen molar-refractivity contribution in [3.05, 3.63) is 50.9 Å². The van der Waals surface area contributed by atoms with E-state index in [0.717, 1.165) is 35.2 Å². The summed E-state index contributed by atoms with van der Waals surface area (Å²) in [4.78, 5) is 10.9. The van der Waals surface area contributed by atoms with Crippen LogP contribution in [0.3, 0.4) is 0 Å². The van der Waals surface area contributed by atoms with E-state index in [0.29, 0.717) is 6.54 Å². The van der Waals surface area contributed by atoms with Gasteiger partial charge in [-0.3, -0.25) is 4.99 Å². The Morgan fingerprint density at radius 2 is 2.22 bits per heavy atom. The summed E-state index contributed by atoms with van der Waals surface area (Å²) in [7, 11) is 3.80. The molecule has 2 aromatic rings. The third-order valence-corrected chi connectivity index (χ3v) is 4.49. The molecule has 0 saturated carbocycles. The normalized spacial score (nSPS) is 11.0. The predicted molar refractivity (Wildman–Crippen MR) is 110 cm³/mol. The van der Waals surface area contributed by atoms with Gasteiger partial charge in [-0.25, -0.2) is 4.98 Å². The van der Waals surface area contributed by atoms with Gasteiger partial charge < -0.3 is 10.2 Å². The molecule has 0 aliphatic rings. The van der Waals surface area contributed by atoms with Crippen molar-refractivity contribution >= 4 is 52.9 Å². The Morgan fingerprint density at radius 3 is 2.83 bits per heavy atom. The summed E-state index contributed by atoms with van der Waals surface area (Å²) < 4.78 is 0. The van der Waals surface area contributed by atoms with E-state index < -0.39 is 0 Å². The molecule has 0 unspecified atom stereocenters. The van der Waals surface area contributed by atoms with Gasteiger partial charge in [-0.1, -0.05) is 30.7 Å². The summed E-state index contributed by atoms with van der Waals surface area (Å²) in [6.07, 6.45) is 0.980. The van der Waals surface area contributed by atoms with Crippen molar-refractivity contribution in [1.29, 1.82) is 0 Å². The molecule has 0 amide bonds. The van der Waals surface area contributed by atoms with Gasteiger partial charge in [0, 0.05) is 31.0 Å². The number of guanidine groups is 1. The molecule has 1 N–H and O–H groups in total. The molecule has 126 valence electrons. The summed E-state index contributed by atoms with van der Waals surface area (Å²) in [6.45, 7) is 3.55. The first-order valence-electron chi connectivity index (χ1n) is 7.22. The van der Waals surface area contributed by atoms with E-state index in [-0.39, 0.29) is 24.0 Å². The van der Waals surface area contributed by atoms with E-state index in [2.05, 4.69) is 38.6 Å². The SMILES string of the molecule is CCc1nc(CNC(=NC)N(C)Cc2cccc(Cl)c2)cs1.I. The fraction of sp³-hybridized carbons (Fsp3) is 0.375. The molecule has 1 aromatic carbocycles. The quantitative estimate of drug-likeness (QED) is 0.410. The molecule has 1 heterocycles. The van der Waals surface area contributed by atoms with E-state index in [1.54, 1.807) is 18.4 Å². The Hall–Kier alpha value is -0.860. The van der Waals surface area contributed by atoms with Gasteiger partial charge in [0.2, 0.25) is 0 Å². The first-order valence-corrected chi connectivity index (χ1v) is 8.47. The van der Waals surface area contributed by atoms with E-state index in [1.807, 2.05) is 25.2 Å². The van der Waals surface area contributed by atoms with Crippen molar-refractivity contribution in [2.45, 2.75) is 26.4 Å². The lowest BCUT2D eigenvalue weighted by molar-refractivity contribution is 0.476. The highest BCUT2D eigenvalue weighted by molar-refractivity contribution is 14.0. The highest BCUT2D eigenvalue weighted by Crippen LogP contribution is 2.13. The van der Waals surface area contributed by atoms with Gasteiger partial charge in [0.1, 0.15) is 0 Å². The molecule has 0 radical (unpaired) electrons. The largest absolute Gasteiger partial charge is 0.351 e. The average molecular weight is 465 g/mol. The Bertz CT molecular complexity index is 645. The number of halogens is 2. The van der Waals surface area contributed by atoms with Crippen LogP contribution in [0.4, 0.5) is 0 Å². The zero-order valence-electron chi connectivity index (χ0n) is 13.5. The standard InChI is InChI=1S/C16H21ClN4S.HI/c1-4-15-20-14(11-22-15)9-19-16(18-2)21(3)10-12-6-5-7-13(17)8-12;/h5-8,11H,4,9-10H2,1-3H3,(H,18,19);1H. The molecule has 4 nitrogen and oxygen atoms in total. The minimum absolute atomic E-state index is 0. The number of aliphatic imine (C=N–C) groups is 1. The second-order valence-electron chi connectivity index (χ2n) is 4.97. The fourth-order valence-corrected chi connectivity index (χ4v) is 3.09. The molecular weight excluding hydrogens is 443 g/mol. The number of rotatable bonds is 5. The molecule has 0 bridgehead atoms. The van der Waals surface area contributed by atoms with Crippen molar-refractivity contribution in [1.82, 2.24) is 15.2 Å². The van der Waals surface area contributed by atoms with Crippen LogP contribution < -0.4 is 5.32 Å². The smallest absolute Gasteiger partial charge is 0.194 e. The summed E-state index contributed by atoms with van der Waals surface area (Å²) >= 11 is 7.73. The number of hydrogen-bond acceptors (Lipinski definition) is 3. The maximum atomic E-state index is 6.03. The van der Waals surface area contributed by atoms with E-state index in [9.17, 15) is 0 Å². The van der Waals surface area contributed by atoms with E-state index >= 15 is 0 Å². The molecule has 2 rings (SSSR count). The molecule has 23 heavy (non-hydrogen) atoms. The molecule has 1 aromatic heterocycles. The third kappa shape index (κ3) is 6.27. The van der Waals surface area contributed by atoms with E-state index in [4.69, 9.17) is 11.6 Å². The van der Waals surface area contributed by atoms with Gasteiger partial charge >= 0.3 is 0 Å². The monoisotopic (exact) mass is 464 g/mol. The zero-order valence-corrected chi connectivity index (χ0v) is 17.4. The average Bonchev–Trinajstić information content (AvgIpc) is 2.96. The summed E-state index contributed by atoms with van der Waals surface area (Å²) in [5.41, 5.74) is 2.21. The lowest BCUT2D eigenvalue weighted by atomic mass is 10.2. The number of nitrogens with one attached hydrogen (secondary N) is 1. The van der Waals surface area contributed by atoms with Crippen molar-refractivity contribution in [2.24, 2.45) is 4.99 Å². The van der Waals surface area contributed by atoms with Gasteiger partial charge in [0.25, 0.3) is 0 Å². The van der Waals surface area contributed by atoms with Gasteiger partial charge in [-0.2, -0.15) is 0 Å². The number of benzene rings is 1. The highest BCUT2D eigenvalue weighted by Gasteiger charge is 2.08. The van der Waals surface area contributed by atoms with Crippen LogP contribution in [0.2, 0.25) is 5.02 Å². The molecule has 0 saturated heterocycles. The Morgan fingerprint density at radius 1 is 1.43 bits per heavy atom. The van der Waals surface area contributed by atoms with Crippen molar-refractivity contribution < 1.29 is 0 Å². The number of thiazole rings is 1. The Kier molecular flexibility index (Phi) is 8.86. The topological polar surface area (TPSA) is 40.5 Å². The molecule has 0 aliphatic heterocycles. The maximum absolute atomic E-state index is 6.03. The van der Waals surface area contributed by atoms with Crippen LogP contribution in [-0.2, 0) is 19.5 Å². The first-order chi connectivity index (χ1) is 10.6. The van der Waals surface area contributed by atoms with Gasteiger partial charge in [0.05, 0.1) is 17.2 Å². The van der Waals surface area contributed by atoms with Crippen molar-refractivity contribution in [3.8, 4) is 0 Å². The van der Waals surface area contributed by atoms with Crippen LogP contribution in [0.5, 0.6) is 0 Å². The third-order valence-electron chi connectivity index (χ3n) is 3.21. The Balaban J connectivity index is 0.00000264. The minimum Gasteiger partial charge on any atom is -0.351 e. The van der Waals surface area contributed by atoms with Crippen LogP contribution >= 0.6 is 46.9 Å². The fourth-order valence-electron chi connectivity index (χ4n) is 2.13. The molecule has 0 atom stereocenters. The lowest BCUT2D eigenvalue weighted by Crippen LogP contribution is -2.38. The van der Waals surface area contributed by atoms with Crippen LogP contribution in [-0.4, -0.2) is 29.9 Å². The second kappa shape index (κ2) is 10.1. The number of aromatic nitrogens is 1. The van der Waals surface area contributed by atoms with Crippen LogP contribution in [0.25, 0.3) is 0 Å². The van der Waals surface area contributed by atoms with Crippen LogP contribution in [0.1, 0.15) is 23.2 Å². The van der Waals surface area contributed by atoms with Crippen molar-refractivity contribution in [3.63, 3.8) is 0 Å². The molecule has 0 fully saturated rings.